The number of thioether (sulfide) groups is 1. The number of aromatic nitrogens is 3. The Morgan fingerprint density at radius 3 is 2.72 bits per heavy atom. The fourth-order valence-corrected chi connectivity index (χ4v) is 5.72. The van der Waals surface area contributed by atoms with Crippen molar-refractivity contribution in [1.29, 1.82) is 0 Å². The molecule has 3 aromatic rings. The molecule has 0 bridgehead atoms. The number of benzene rings is 1. The summed E-state index contributed by atoms with van der Waals surface area (Å²) in [4.78, 5) is 48.4. The highest BCUT2D eigenvalue weighted by atomic mass is 32.2. The van der Waals surface area contributed by atoms with Gasteiger partial charge in [0.2, 0.25) is 12.3 Å². The Labute approximate surface area is 215 Å². The second kappa shape index (κ2) is 12.3. The van der Waals surface area contributed by atoms with Gasteiger partial charge in [-0.15, -0.1) is 11.8 Å². The summed E-state index contributed by atoms with van der Waals surface area (Å²) < 4.78 is 1.65. The van der Waals surface area contributed by atoms with E-state index in [1.807, 2.05) is 31.3 Å². The predicted octanol–water partition coefficient (Wildman–Crippen LogP) is 3.99. The van der Waals surface area contributed by atoms with Crippen molar-refractivity contribution in [3.8, 4) is 0 Å². The number of nitrogens with zero attached hydrogens (tertiary/aromatic N) is 4. The SMILES string of the molecule is Cc1nc2cccc(SCc3ccc(CN4CCCCC4)cn3)c2c(=O)n1C(C)CCC(=O)NC=O. The van der Waals surface area contributed by atoms with Gasteiger partial charge in [-0.05, 0) is 70.0 Å². The highest BCUT2D eigenvalue weighted by molar-refractivity contribution is 7.98. The van der Waals surface area contributed by atoms with Crippen LogP contribution in [0.15, 0.2) is 46.2 Å². The first kappa shape index (κ1) is 26.0. The molecule has 1 aliphatic rings. The maximum Gasteiger partial charge on any atom is 0.262 e. The third kappa shape index (κ3) is 6.39. The van der Waals surface area contributed by atoms with E-state index in [4.69, 9.17) is 0 Å². The summed E-state index contributed by atoms with van der Waals surface area (Å²) in [6.45, 7) is 6.96. The second-order valence-electron chi connectivity index (χ2n) is 9.34. The van der Waals surface area contributed by atoms with Crippen LogP contribution in [0.4, 0.5) is 0 Å². The van der Waals surface area contributed by atoms with Crippen LogP contribution in [0, 0.1) is 6.92 Å². The summed E-state index contributed by atoms with van der Waals surface area (Å²) >= 11 is 1.58. The summed E-state index contributed by atoms with van der Waals surface area (Å²) in [5.74, 6) is 0.892. The Balaban J connectivity index is 1.49. The van der Waals surface area contributed by atoms with Crippen molar-refractivity contribution in [2.45, 2.75) is 69.2 Å². The lowest BCUT2D eigenvalue weighted by atomic mass is 10.1. The van der Waals surface area contributed by atoms with Gasteiger partial charge < -0.3 is 0 Å². The molecule has 2 amide bonds. The van der Waals surface area contributed by atoms with Crippen molar-refractivity contribution in [2.75, 3.05) is 13.1 Å². The first-order chi connectivity index (χ1) is 17.5. The molecule has 36 heavy (non-hydrogen) atoms. The number of fused-ring (bicyclic) bond motifs is 1. The van der Waals surface area contributed by atoms with Gasteiger partial charge in [0, 0.05) is 35.9 Å². The molecule has 0 spiro atoms. The summed E-state index contributed by atoms with van der Waals surface area (Å²) in [6, 6.07) is 9.71. The molecular weight excluding hydrogens is 474 g/mol. The third-order valence-corrected chi connectivity index (χ3v) is 7.73. The van der Waals surface area contributed by atoms with Crippen LogP contribution < -0.4 is 10.9 Å². The smallest absolute Gasteiger partial charge is 0.262 e. The minimum atomic E-state index is -0.359. The minimum Gasteiger partial charge on any atom is -0.299 e. The summed E-state index contributed by atoms with van der Waals surface area (Å²) in [5, 5.41) is 2.72. The number of amides is 2. The van der Waals surface area contributed by atoms with Crippen LogP contribution in [0.2, 0.25) is 0 Å². The molecule has 4 rings (SSSR count). The average Bonchev–Trinajstić information content (AvgIpc) is 2.87. The van der Waals surface area contributed by atoms with E-state index in [9.17, 15) is 14.4 Å². The lowest BCUT2D eigenvalue weighted by Gasteiger charge is -2.26. The maximum absolute atomic E-state index is 13.6. The Hall–Kier alpha value is -3.04. The summed E-state index contributed by atoms with van der Waals surface area (Å²) in [6.07, 6.45) is 6.80. The van der Waals surface area contributed by atoms with Gasteiger partial charge in [-0.3, -0.25) is 34.2 Å². The molecule has 1 atom stereocenters. The van der Waals surface area contributed by atoms with Gasteiger partial charge in [-0.2, -0.15) is 0 Å². The Kier molecular flexibility index (Phi) is 8.88. The normalized spacial score (nSPS) is 15.1. The monoisotopic (exact) mass is 507 g/mol. The van der Waals surface area contributed by atoms with E-state index in [-0.39, 0.29) is 23.9 Å². The zero-order valence-electron chi connectivity index (χ0n) is 20.9. The van der Waals surface area contributed by atoms with Crippen LogP contribution in [0.25, 0.3) is 10.9 Å². The summed E-state index contributed by atoms with van der Waals surface area (Å²) in [7, 11) is 0. The van der Waals surface area contributed by atoms with Gasteiger partial charge in [0.1, 0.15) is 5.82 Å². The standard InChI is InChI=1S/C27H33N5O3S/c1-19(9-12-25(34)29-18-33)32-20(2)30-23-7-6-8-24(26(23)27(32)35)36-17-22-11-10-21(15-28-22)16-31-13-4-3-5-14-31/h6-8,10-11,15,18-19H,3-5,9,12-14,16-17H2,1-2H3,(H,29,33,34). The van der Waals surface area contributed by atoms with E-state index >= 15 is 0 Å². The van der Waals surface area contributed by atoms with Crippen molar-refractivity contribution >= 4 is 35.0 Å². The maximum atomic E-state index is 13.6. The number of nitrogens with one attached hydrogen (secondary N) is 1. The van der Waals surface area contributed by atoms with Crippen LogP contribution in [0.3, 0.4) is 0 Å². The molecule has 1 fully saturated rings. The highest BCUT2D eigenvalue weighted by Gasteiger charge is 2.17. The molecular formula is C27H33N5O3S. The number of carbonyl (C=O) groups excluding carboxylic acids is 2. The first-order valence-electron chi connectivity index (χ1n) is 12.5. The number of hydrogen-bond donors (Lipinski definition) is 1. The van der Waals surface area contributed by atoms with E-state index in [1.54, 1.807) is 23.3 Å². The van der Waals surface area contributed by atoms with E-state index < -0.39 is 0 Å². The lowest BCUT2D eigenvalue weighted by Crippen LogP contribution is -2.29. The van der Waals surface area contributed by atoms with Crippen LogP contribution >= 0.6 is 11.8 Å². The number of rotatable bonds is 10. The molecule has 8 nitrogen and oxygen atoms in total. The quantitative estimate of drug-likeness (QED) is 0.327. The molecule has 1 unspecified atom stereocenters. The van der Waals surface area contributed by atoms with Gasteiger partial charge in [0.25, 0.3) is 5.56 Å². The number of pyridine rings is 1. The van der Waals surface area contributed by atoms with Crippen molar-refractivity contribution in [2.24, 2.45) is 0 Å². The fraction of sp³-hybridized carbons (Fsp3) is 0.444. The topological polar surface area (TPSA) is 97.2 Å². The number of likely N-dealkylation sites (tertiary alicyclic amines) is 1. The van der Waals surface area contributed by atoms with Crippen molar-refractivity contribution in [3.63, 3.8) is 0 Å². The van der Waals surface area contributed by atoms with Crippen molar-refractivity contribution in [3.05, 3.63) is 64.0 Å². The van der Waals surface area contributed by atoms with E-state index in [0.29, 0.717) is 35.3 Å². The van der Waals surface area contributed by atoms with Gasteiger partial charge in [0.15, 0.2) is 0 Å². The Morgan fingerprint density at radius 2 is 2.00 bits per heavy atom. The van der Waals surface area contributed by atoms with Crippen molar-refractivity contribution in [1.82, 2.24) is 24.8 Å². The lowest BCUT2D eigenvalue weighted by molar-refractivity contribution is -0.125. The summed E-state index contributed by atoms with van der Waals surface area (Å²) in [5.41, 5.74) is 2.74. The zero-order valence-corrected chi connectivity index (χ0v) is 21.7. The van der Waals surface area contributed by atoms with Crippen LogP contribution in [0.5, 0.6) is 0 Å². The Morgan fingerprint density at radius 1 is 1.19 bits per heavy atom. The second-order valence-corrected chi connectivity index (χ2v) is 10.4. The molecule has 9 heteroatoms. The van der Waals surface area contributed by atoms with Gasteiger partial charge in [-0.25, -0.2) is 4.98 Å². The Bertz CT molecular complexity index is 1270. The molecule has 1 aromatic carbocycles. The molecule has 1 saturated heterocycles. The fourth-order valence-electron chi connectivity index (χ4n) is 4.73. The molecule has 1 aliphatic heterocycles. The number of imide groups is 1. The predicted molar refractivity (Wildman–Crippen MR) is 142 cm³/mol. The van der Waals surface area contributed by atoms with E-state index in [1.165, 1.54) is 24.8 Å². The zero-order chi connectivity index (χ0) is 25.5. The highest BCUT2D eigenvalue weighted by Crippen LogP contribution is 2.28. The van der Waals surface area contributed by atoms with E-state index in [0.717, 1.165) is 30.2 Å². The molecule has 190 valence electrons. The molecule has 0 aliphatic carbocycles. The largest absolute Gasteiger partial charge is 0.299 e. The molecule has 3 heterocycles. The molecule has 0 saturated carbocycles. The molecule has 0 radical (unpaired) electrons. The van der Waals surface area contributed by atoms with Gasteiger partial charge >= 0.3 is 0 Å². The number of aryl methyl sites for hydroxylation is 1. The van der Waals surface area contributed by atoms with Crippen LogP contribution in [-0.4, -0.2) is 44.8 Å². The number of carbonyl (C=O) groups is 2. The average molecular weight is 508 g/mol. The number of hydrogen-bond acceptors (Lipinski definition) is 7. The minimum absolute atomic E-state index is 0.117. The number of piperidine rings is 1. The van der Waals surface area contributed by atoms with E-state index in [2.05, 4.69) is 32.3 Å². The third-order valence-electron chi connectivity index (χ3n) is 6.63. The molecule has 2 aromatic heterocycles. The first-order valence-corrected chi connectivity index (χ1v) is 13.5. The van der Waals surface area contributed by atoms with Gasteiger partial charge in [0.05, 0.1) is 16.6 Å². The van der Waals surface area contributed by atoms with Gasteiger partial charge in [-0.1, -0.05) is 18.6 Å². The van der Waals surface area contributed by atoms with Crippen LogP contribution in [0.1, 0.15) is 62.2 Å². The molecule has 1 N–H and O–H groups in total. The van der Waals surface area contributed by atoms with Crippen LogP contribution in [-0.2, 0) is 21.9 Å². The van der Waals surface area contributed by atoms with Crippen molar-refractivity contribution < 1.29 is 9.59 Å².